The quantitative estimate of drug-likeness (QED) is 0.671. The zero-order valence-electron chi connectivity index (χ0n) is 7.49. The molecule has 0 aromatic heterocycles. The van der Waals surface area contributed by atoms with Crippen LogP contribution in [0.1, 0.15) is 35.9 Å². The summed E-state index contributed by atoms with van der Waals surface area (Å²) >= 11 is 0. The van der Waals surface area contributed by atoms with Crippen molar-refractivity contribution in [2.75, 3.05) is 6.54 Å². The van der Waals surface area contributed by atoms with Crippen LogP contribution in [-0.4, -0.2) is 6.54 Å². The standard InChI is InChI=1S/C11H13N.ClH/c1-2-4-10-9(3-1)8-5-6-11(10)12-7-8;/h1-4,8,11-12H,5-7H2;1H. The van der Waals surface area contributed by atoms with Gasteiger partial charge in [0.2, 0.25) is 0 Å². The van der Waals surface area contributed by atoms with E-state index in [1.807, 2.05) is 0 Å². The van der Waals surface area contributed by atoms with E-state index in [1.165, 1.54) is 19.4 Å². The monoisotopic (exact) mass is 195 g/mol. The predicted molar refractivity (Wildman–Crippen MR) is 56.4 cm³/mol. The van der Waals surface area contributed by atoms with Crippen LogP contribution in [0.25, 0.3) is 0 Å². The molecule has 4 rings (SSSR count). The molecular formula is C11H14ClN. The van der Waals surface area contributed by atoms with Crippen LogP contribution in [-0.2, 0) is 0 Å². The van der Waals surface area contributed by atoms with Gasteiger partial charge in [-0.25, -0.2) is 0 Å². The highest BCUT2D eigenvalue weighted by Crippen LogP contribution is 2.40. The second kappa shape index (κ2) is 3.32. The molecule has 1 saturated heterocycles. The first-order valence-corrected chi connectivity index (χ1v) is 4.77. The van der Waals surface area contributed by atoms with Crippen LogP contribution in [0.3, 0.4) is 0 Å². The molecule has 70 valence electrons. The molecule has 13 heavy (non-hydrogen) atoms. The maximum Gasteiger partial charge on any atom is 0.0323 e. The van der Waals surface area contributed by atoms with Gasteiger partial charge in [0.25, 0.3) is 0 Å². The molecule has 3 aliphatic rings. The molecule has 2 heteroatoms. The Morgan fingerprint density at radius 2 is 1.85 bits per heavy atom. The van der Waals surface area contributed by atoms with Gasteiger partial charge in [0.05, 0.1) is 0 Å². The summed E-state index contributed by atoms with van der Waals surface area (Å²) in [4.78, 5) is 0. The number of rotatable bonds is 0. The Balaban J connectivity index is 0.000000653. The van der Waals surface area contributed by atoms with Crippen molar-refractivity contribution >= 4 is 12.4 Å². The van der Waals surface area contributed by atoms with Crippen molar-refractivity contribution in [1.29, 1.82) is 0 Å². The van der Waals surface area contributed by atoms with E-state index in [2.05, 4.69) is 29.6 Å². The van der Waals surface area contributed by atoms with E-state index in [4.69, 9.17) is 0 Å². The Kier molecular flexibility index (Phi) is 2.31. The molecule has 2 unspecified atom stereocenters. The third-order valence-corrected chi connectivity index (χ3v) is 3.23. The van der Waals surface area contributed by atoms with E-state index in [0.29, 0.717) is 6.04 Å². The first kappa shape index (κ1) is 9.04. The molecule has 0 saturated carbocycles. The summed E-state index contributed by atoms with van der Waals surface area (Å²) in [5.41, 5.74) is 3.16. The maximum absolute atomic E-state index is 3.57. The van der Waals surface area contributed by atoms with Gasteiger partial charge in [-0.05, 0) is 29.9 Å². The Morgan fingerprint density at radius 3 is 2.46 bits per heavy atom. The molecule has 2 heterocycles. The molecule has 1 aromatic carbocycles. The average molecular weight is 196 g/mol. The number of nitrogens with one attached hydrogen (secondary N) is 1. The summed E-state index contributed by atoms with van der Waals surface area (Å²) in [5, 5.41) is 3.57. The van der Waals surface area contributed by atoms with Gasteiger partial charge in [0.15, 0.2) is 0 Å². The van der Waals surface area contributed by atoms with Crippen molar-refractivity contribution in [3.05, 3.63) is 35.4 Å². The molecule has 0 amide bonds. The molecule has 2 aliphatic heterocycles. The minimum Gasteiger partial charge on any atom is -0.309 e. The first-order chi connectivity index (χ1) is 5.95. The highest BCUT2D eigenvalue weighted by molar-refractivity contribution is 5.85. The fourth-order valence-corrected chi connectivity index (χ4v) is 2.59. The fraction of sp³-hybridized carbons (Fsp3) is 0.455. The van der Waals surface area contributed by atoms with Crippen LogP contribution in [0, 0.1) is 0 Å². The molecule has 0 spiro atoms. The van der Waals surface area contributed by atoms with Crippen LogP contribution in [0.2, 0.25) is 0 Å². The zero-order chi connectivity index (χ0) is 7.97. The fourth-order valence-electron chi connectivity index (χ4n) is 2.59. The van der Waals surface area contributed by atoms with Crippen LogP contribution < -0.4 is 5.32 Å². The van der Waals surface area contributed by atoms with Gasteiger partial charge in [0, 0.05) is 12.6 Å². The summed E-state index contributed by atoms with van der Waals surface area (Å²) in [6, 6.07) is 9.55. The third kappa shape index (κ3) is 1.27. The van der Waals surface area contributed by atoms with Gasteiger partial charge < -0.3 is 5.32 Å². The molecule has 1 fully saturated rings. The molecule has 0 radical (unpaired) electrons. The van der Waals surface area contributed by atoms with Crippen molar-refractivity contribution in [1.82, 2.24) is 5.32 Å². The molecule has 2 atom stereocenters. The van der Waals surface area contributed by atoms with Gasteiger partial charge in [-0.3, -0.25) is 0 Å². The van der Waals surface area contributed by atoms with Gasteiger partial charge in [-0.15, -0.1) is 12.4 Å². The summed E-state index contributed by atoms with van der Waals surface area (Å²) < 4.78 is 0. The molecule has 2 bridgehead atoms. The Morgan fingerprint density at radius 1 is 1.08 bits per heavy atom. The zero-order valence-corrected chi connectivity index (χ0v) is 8.31. The predicted octanol–water partition coefficient (Wildman–Crippen LogP) is 2.63. The highest BCUT2D eigenvalue weighted by Gasteiger charge is 2.31. The van der Waals surface area contributed by atoms with E-state index in [-0.39, 0.29) is 12.4 Å². The second-order valence-electron chi connectivity index (χ2n) is 3.86. The van der Waals surface area contributed by atoms with Crippen molar-refractivity contribution in [2.45, 2.75) is 24.8 Å². The van der Waals surface area contributed by atoms with Crippen LogP contribution in [0.4, 0.5) is 0 Å². The number of fused-ring (bicyclic) bond motifs is 2. The molecule has 1 N–H and O–H groups in total. The lowest BCUT2D eigenvalue weighted by Gasteiger charge is -2.39. The lowest BCUT2D eigenvalue weighted by Crippen LogP contribution is -2.38. The van der Waals surface area contributed by atoms with E-state index in [1.54, 1.807) is 11.1 Å². The number of hydrogen-bond donors (Lipinski definition) is 1. The van der Waals surface area contributed by atoms with Crippen molar-refractivity contribution in [3.8, 4) is 0 Å². The normalized spacial score (nSPS) is 29.2. The average Bonchev–Trinajstić information content (AvgIpc) is 2.20. The second-order valence-corrected chi connectivity index (χ2v) is 3.86. The van der Waals surface area contributed by atoms with Gasteiger partial charge in [-0.2, -0.15) is 0 Å². The lowest BCUT2D eigenvalue weighted by molar-refractivity contribution is 0.338. The van der Waals surface area contributed by atoms with E-state index in [9.17, 15) is 0 Å². The summed E-state index contributed by atoms with van der Waals surface area (Å²) in [7, 11) is 0. The van der Waals surface area contributed by atoms with Crippen LogP contribution in [0.5, 0.6) is 0 Å². The Hall–Kier alpha value is -0.530. The van der Waals surface area contributed by atoms with Gasteiger partial charge in [-0.1, -0.05) is 24.3 Å². The highest BCUT2D eigenvalue weighted by atomic mass is 35.5. The van der Waals surface area contributed by atoms with Crippen molar-refractivity contribution < 1.29 is 0 Å². The summed E-state index contributed by atoms with van der Waals surface area (Å²) in [6.45, 7) is 1.20. The summed E-state index contributed by atoms with van der Waals surface area (Å²) in [5.74, 6) is 0.797. The minimum atomic E-state index is 0. The van der Waals surface area contributed by atoms with E-state index in [0.717, 1.165) is 5.92 Å². The molecule has 1 aromatic rings. The van der Waals surface area contributed by atoms with Crippen molar-refractivity contribution in [3.63, 3.8) is 0 Å². The lowest BCUT2D eigenvalue weighted by atomic mass is 9.76. The maximum atomic E-state index is 3.57. The smallest absolute Gasteiger partial charge is 0.0323 e. The first-order valence-electron chi connectivity index (χ1n) is 4.77. The van der Waals surface area contributed by atoms with Crippen molar-refractivity contribution in [2.24, 2.45) is 0 Å². The Labute approximate surface area is 84.9 Å². The number of hydrogen-bond acceptors (Lipinski definition) is 1. The van der Waals surface area contributed by atoms with E-state index >= 15 is 0 Å². The number of benzene rings is 1. The van der Waals surface area contributed by atoms with Gasteiger partial charge in [0.1, 0.15) is 0 Å². The van der Waals surface area contributed by atoms with Crippen LogP contribution in [0.15, 0.2) is 24.3 Å². The molecule has 1 nitrogen and oxygen atoms in total. The largest absolute Gasteiger partial charge is 0.309 e. The topological polar surface area (TPSA) is 12.0 Å². The minimum absolute atomic E-state index is 0. The number of halogens is 1. The van der Waals surface area contributed by atoms with Gasteiger partial charge >= 0.3 is 0 Å². The van der Waals surface area contributed by atoms with E-state index < -0.39 is 0 Å². The SMILES string of the molecule is Cl.c1ccc2c(c1)C1CCC2NC1. The molecule has 1 aliphatic carbocycles. The number of piperidine rings is 1. The van der Waals surface area contributed by atoms with Crippen LogP contribution >= 0.6 is 12.4 Å². The summed E-state index contributed by atoms with van der Waals surface area (Å²) in [6.07, 6.45) is 2.72. The Bertz CT molecular complexity index is 272. The third-order valence-electron chi connectivity index (χ3n) is 3.23. The molecular weight excluding hydrogens is 182 g/mol.